The predicted octanol–water partition coefficient (Wildman–Crippen LogP) is 3.71. The minimum Gasteiger partial charge on any atom is -0.314 e. The van der Waals surface area contributed by atoms with Crippen molar-refractivity contribution in [1.82, 2.24) is 5.32 Å². The number of unbranched alkanes of at least 4 members (excludes halogenated alkanes) is 1. The van der Waals surface area contributed by atoms with Gasteiger partial charge in [-0.1, -0.05) is 56.5 Å². The molecule has 1 aromatic rings. The molecule has 0 amide bonds. The average Bonchev–Trinajstić information content (AvgIpc) is 2.29. The van der Waals surface area contributed by atoms with Gasteiger partial charge in [-0.25, -0.2) is 0 Å². The maximum atomic E-state index is 3.58. The fourth-order valence-corrected chi connectivity index (χ4v) is 2.02. The second kappa shape index (κ2) is 7.45. The minimum atomic E-state index is 0.646. The van der Waals surface area contributed by atoms with E-state index >= 15 is 0 Å². The van der Waals surface area contributed by atoms with Gasteiger partial charge in [0.1, 0.15) is 0 Å². The van der Waals surface area contributed by atoms with Crippen molar-refractivity contribution in [3.05, 3.63) is 35.4 Å². The molecule has 0 spiro atoms. The van der Waals surface area contributed by atoms with E-state index in [-0.39, 0.29) is 0 Å². The first kappa shape index (κ1) is 13.2. The first-order valence-electron chi connectivity index (χ1n) is 6.55. The number of benzene rings is 1. The molecule has 1 aromatic carbocycles. The van der Waals surface area contributed by atoms with Gasteiger partial charge < -0.3 is 5.32 Å². The molecule has 0 saturated heterocycles. The molecular formula is C15H25N. The Bertz CT molecular complexity index is 276. The molecule has 90 valence electrons. The topological polar surface area (TPSA) is 12.0 Å². The Labute approximate surface area is 100 Å². The normalized spacial score (nSPS) is 12.7. The third kappa shape index (κ3) is 4.80. The van der Waals surface area contributed by atoms with Gasteiger partial charge >= 0.3 is 0 Å². The molecule has 0 aliphatic carbocycles. The Kier molecular flexibility index (Phi) is 6.17. The summed E-state index contributed by atoms with van der Waals surface area (Å²) in [5, 5.41) is 3.58. The second-order valence-electron chi connectivity index (χ2n) is 4.59. The Balaban J connectivity index is 2.49. The molecule has 0 aromatic heterocycles. The van der Waals surface area contributed by atoms with E-state index in [1.807, 2.05) is 0 Å². The van der Waals surface area contributed by atoms with Crippen LogP contribution in [0, 0.1) is 6.92 Å². The standard InChI is InChI=1S/C15H25N/c1-4-6-7-15(16-5-2)12-14-10-8-13(3)9-11-14/h8-11,15-16H,4-7,12H2,1-3H3. The summed E-state index contributed by atoms with van der Waals surface area (Å²) in [5.41, 5.74) is 2.80. The molecule has 1 unspecified atom stereocenters. The van der Waals surface area contributed by atoms with Gasteiger partial charge in [-0.05, 0) is 31.9 Å². The maximum absolute atomic E-state index is 3.58. The molecular weight excluding hydrogens is 194 g/mol. The van der Waals surface area contributed by atoms with Crippen molar-refractivity contribution in [1.29, 1.82) is 0 Å². The van der Waals surface area contributed by atoms with Gasteiger partial charge in [-0.3, -0.25) is 0 Å². The summed E-state index contributed by atoms with van der Waals surface area (Å²) in [7, 11) is 0. The number of rotatable bonds is 7. The molecule has 0 fully saturated rings. The number of nitrogens with one attached hydrogen (secondary N) is 1. The molecule has 1 nitrogen and oxygen atoms in total. The van der Waals surface area contributed by atoms with E-state index < -0.39 is 0 Å². The van der Waals surface area contributed by atoms with Gasteiger partial charge in [0.15, 0.2) is 0 Å². The van der Waals surface area contributed by atoms with E-state index in [0.717, 1.165) is 13.0 Å². The Morgan fingerprint density at radius 2 is 1.81 bits per heavy atom. The summed E-state index contributed by atoms with van der Waals surface area (Å²) in [6.45, 7) is 7.66. The third-order valence-corrected chi connectivity index (χ3v) is 3.00. The van der Waals surface area contributed by atoms with Gasteiger partial charge in [0.25, 0.3) is 0 Å². The van der Waals surface area contributed by atoms with Crippen molar-refractivity contribution in [3.8, 4) is 0 Å². The van der Waals surface area contributed by atoms with Gasteiger partial charge in [-0.2, -0.15) is 0 Å². The lowest BCUT2D eigenvalue weighted by Gasteiger charge is -2.17. The van der Waals surface area contributed by atoms with Crippen molar-refractivity contribution in [2.24, 2.45) is 0 Å². The van der Waals surface area contributed by atoms with Crippen LogP contribution in [-0.2, 0) is 6.42 Å². The smallest absolute Gasteiger partial charge is 0.0107 e. The lowest BCUT2D eigenvalue weighted by molar-refractivity contribution is 0.473. The van der Waals surface area contributed by atoms with E-state index in [9.17, 15) is 0 Å². The van der Waals surface area contributed by atoms with E-state index in [0.29, 0.717) is 6.04 Å². The van der Waals surface area contributed by atoms with Crippen LogP contribution < -0.4 is 5.32 Å². The summed E-state index contributed by atoms with van der Waals surface area (Å²) in [4.78, 5) is 0. The maximum Gasteiger partial charge on any atom is 0.0107 e. The van der Waals surface area contributed by atoms with Crippen molar-refractivity contribution in [2.75, 3.05) is 6.54 Å². The SMILES string of the molecule is CCCCC(Cc1ccc(C)cc1)NCC. The first-order chi connectivity index (χ1) is 7.76. The van der Waals surface area contributed by atoms with E-state index in [1.165, 1.54) is 30.4 Å². The fraction of sp³-hybridized carbons (Fsp3) is 0.600. The van der Waals surface area contributed by atoms with Gasteiger partial charge in [0.2, 0.25) is 0 Å². The van der Waals surface area contributed by atoms with Crippen molar-refractivity contribution in [3.63, 3.8) is 0 Å². The number of likely N-dealkylation sites (N-methyl/N-ethyl adjacent to an activating group) is 1. The minimum absolute atomic E-state index is 0.646. The predicted molar refractivity (Wildman–Crippen MR) is 71.9 cm³/mol. The molecule has 0 radical (unpaired) electrons. The molecule has 1 rings (SSSR count). The van der Waals surface area contributed by atoms with Gasteiger partial charge in [0.05, 0.1) is 0 Å². The summed E-state index contributed by atoms with van der Waals surface area (Å²) in [6.07, 6.45) is 5.06. The van der Waals surface area contributed by atoms with Crippen LogP contribution in [0.1, 0.15) is 44.2 Å². The summed E-state index contributed by atoms with van der Waals surface area (Å²) in [6, 6.07) is 9.57. The fourth-order valence-electron chi connectivity index (χ4n) is 2.02. The number of hydrogen-bond donors (Lipinski definition) is 1. The molecule has 16 heavy (non-hydrogen) atoms. The molecule has 0 heterocycles. The van der Waals surface area contributed by atoms with E-state index in [4.69, 9.17) is 0 Å². The van der Waals surface area contributed by atoms with Crippen LogP contribution in [-0.4, -0.2) is 12.6 Å². The molecule has 0 bridgehead atoms. The van der Waals surface area contributed by atoms with Crippen molar-refractivity contribution in [2.45, 2.75) is 52.5 Å². The zero-order valence-corrected chi connectivity index (χ0v) is 10.9. The summed E-state index contributed by atoms with van der Waals surface area (Å²) >= 11 is 0. The zero-order valence-electron chi connectivity index (χ0n) is 10.9. The Morgan fingerprint density at radius 3 is 2.38 bits per heavy atom. The highest BCUT2D eigenvalue weighted by Gasteiger charge is 2.07. The quantitative estimate of drug-likeness (QED) is 0.737. The highest BCUT2D eigenvalue weighted by atomic mass is 14.9. The Hall–Kier alpha value is -0.820. The average molecular weight is 219 g/mol. The van der Waals surface area contributed by atoms with Crippen molar-refractivity contribution >= 4 is 0 Å². The largest absolute Gasteiger partial charge is 0.314 e. The van der Waals surface area contributed by atoms with Crippen LogP contribution in [0.3, 0.4) is 0 Å². The van der Waals surface area contributed by atoms with E-state index in [1.54, 1.807) is 0 Å². The first-order valence-corrected chi connectivity index (χ1v) is 6.55. The summed E-state index contributed by atoms with van der Waals surface area (Å²) in [5.74, 6) is 0. The third-order valence-electron chi connectivity index (χ3n) is 3.00. The molecule has 1 N–H and O–H groups in total. The van der Waals surface area contributed by atoms with Gasteiger partial charge in [-0.15, -0.1) is 0 Å². The Morgan fingerprint density at radius 1 is 1.12 bits per heavy atom. The highest BCUT2D eigenvalue weighted by molar-refractivity contribution is 5.22. The lowest BCUT2D eigenvalue weighted by Crippen LogP contribution is -2.30. The summed E-state index contributed by atoms with van der Waals surface area (Å²) < 4.78 is 0. The van der Waals surface area contributed by atoms with Gasteiger partial charge in [0, 0.05) is 6.04 Å². The highest BCUT2D eigenvalue weighted by Crippen LogP contribution is 2.10. The van der Waals surface area contributed by atoms with Crippen LogP contribution in [0.5, 0.6) is 0 Å². The molecule has 0 saturated carbocycles. The van der Waals surface area contributed by atoms with Crippen LogP contribution in [0.2, 0.25) is 0 Å². The molecule has 0 aliphatic rings. The van der Waals surface area contributed by atoms with E-state index in [2.05, 4.69) is 50.4 Å². The number of aryl methyl sites for hydroxylation is 1. The number of hydrogen-bond acceptors (Lipinski definition) is 1. The van der Waals surface area contributed by atoms with Crippen LogP contribution >= 0.6 is 0 Å². The van der Waals surface area contributed by atoms with Crippen LogP contribution in [0.25, 0.3) is 0 Å². The lowest BCUT2D eigenvalue weighted by atomic mass is 10.0. The molecule has 1 heteroatoms. The monoisotopic (exact) mass is 219 g/mol. The van der Waals surface area contributed by atoms with Crippen LogP contribution in [0.4, 0.5) is 0 Å². The zero-order chi connectivity index (χ0) is 11.8. The second-order valence-corrected chi connectivity index (χ2v) is 4.59. The van der Waals surface area contributed by atoms with Crippen molar-refractivity contribution < 1.29 is 0 Å². The van der Waals surface area contributed by atoms with Crippen LogP contribution in [0.15, 0.2) is 24.3 Å². The molecule has 1 atom stereocenters. The molecule has 0 aliphatic heterocycles.